The van der Waals surface area contributed by atoms with Gasteiger partial charge < -0.3 is 10.1 Å². The number of amides is 1. The predicted molar refractivity (Wildman–Crippen MR) is 112 cm³/mol. The Bertz CT molecular complexity index is 701. The van der Waals surface area contributed by atoms with Crippen molar-refractivity contribution in [3.8, 4) is 5.75 Å². The Labute approximate surface area is 164 Å². The Kier molecular flexibility index (Phi) is 7.46. The van der Waals surface area contributed by atoms with Gasteiger partial charge in [0.1, 0.15) is 5.75 Å². The Morgan fingerprint density at radius 1 is 1.04 bits per heavy atom. The molecule has 0 bridgehead atoms. The molecule has 0 saturated heterocycles. The zero-order valence-electron chi connectivity index (χ0n) is 17.3. The van der Waals surface area contributed by atoms with Gasteiger partial charge in [0.25, 0.3) is 5.91 Å². The van der Waals surface area contributed by atoms with Crippen LogP contribution in [0, 0.1) is 0 Å². The lowest BCUT2D eigenvalue weighted by atomic mass is 9.87. The van der Waals surface area contributed by atoms with Crippen LogP contribution in [0.2, 0.25) is 0 Å². The van der Waals surface area contributed by atoms with E-state index in [1.165, 1.54) is 11.1 Å². The zero-order chi connectivity index (χ0) is 19.9. The smallest absolute Gasteiger partial charge is 0.261 e. The highest BCUT2D eigenvalue weighted by Gasteiger charge is 2.20. The number of aryl methyl sites for hydroxylation is 1. The molecule has 0 radical (unpaired) electrons. The number of benzene rings is 2. The topological polar surface area (TPSA) is 38.3 Å². The molecule has 2 aromatic carbocycles. The van der Waals surface area contributed by atoms with E-state index in [-0.39, 0.29) is 17.4 Å². The predicted octanol–water partition coefficient (Wildman–Crippen LogP) is 5.28. The molecule has 3 heteroatoms. The first-order chi connectivity index (χ1) is 12.8. The highest BCUT2D eigenvalue weighted by molar-refractivity contribution is 5.81. The molecule has 0 aromatic heterocycles. The Morgan fingerprint density at radius 3 is 2.22 bits per heavy atom. The van der Waals surface area contributed by atoms with Crippen LogP contribution in [0.25, 0.3) is 0 Å². The minimum Gasteiger partial charge on any atom is -0.481 e. The molecule has 2 rings (SSSR count). The van der Waals surface area contributed by atoms with Gasteiger partial charge in [-0.2, -0.15) is 0 Å². The quantitative estimate of drug-likeness (QED) is 0.689. The van der Waals surface area contributed by atoms with E-state index >= 15 is 0 Å². The van der Waals surface area contributed by atoms with Crippen LogP contribution in [0.1, 0.15) is 58.6 Å². The van der Waals surface area contributed by atoms with Crippen molar-refractivity contribution in [2.75, 3.05) is 0 Å². The fraction of sp³-hybridized carbons (Fsp3) is 0.458. The molecule has 0 spiro atoms. The van der Waals surface area contributed by atoms with Gasteiger partial charge in [-0.3, -0.25) is 4.79 Å². The number of hydrogen-bond acceptors (Lipinski definition) is 2. The third kappa shape index (κ3) is 6.74. The van der Waals surface area contributed by atoms with E-state index in [1.807, 2.05) is 44.2 Å². The summed E-state index contributed by atoms with van der Waals surface area (Å²) in [5.74, 6) is 0.694. The van der Waals surface area contributed by atoms with E-state index in [2.05, 4.69) is 50.4 Å². The van der Waals surface area contributed by atoms with Crippen LogP contribution < -0.4 is 10.1 Å². The van der Waals surface area contributed by atoms with E-state index in [9.17, 15) is 4.79 Å². The lowest BCUT2D eigenvalue weighted by molar-refractivity contribution is -0.128. The summed E-state index contributed by atoms with van der Waals surface area (Å²) in [6.07, 6.45) is 2.03. The van der Waals surface area contributed by atoms with Crippen molar-refractivity contribution >= 4 is 5.91 Å². The maximum absolute atomic E-state index is 12.6. The minimum atomic E-state index is -0.468. The number of carbonyl (C=O) groups is 1. The zero-order valence-corrected chi connectivity index (χ0v) is 17.3. The first-order valence-electron chi connectivity index (χ1n) is 9.91. The van der Waals surface area contributed by atoms with Gasteiger partial charge in [-0.25, -0.2) is 0 Å². The van der Waals surface area contributed by atoms with E-state index in [0.717, 1.165) is 18.6 Å². The molecule has 27 heavy (non-hydrogen) atoms. The van der Waals surface area contributed by atoms with E-state index in [1.54, 1.807) is 0 Å². The monoisotopic (exact) mass is 367 g/mol. The molecular formula is C24H33NO2. The summed E-state index contributed by atoms with van der Waals surface area (Å²) in [5, 5.41) is 3.09. The van der Waals surface area contributed by atoms with Crippen molar-refractivity contribution in [2.45, 2.75) is 71.4 Å². The van der Waals surface area contributed by atoms with Gasteiger partial charge in [-0.1, -0.05) is 70.2 Å². The van der Waals surface area contributed by atoms with Gasteiger partial charge in [0, 0.05) is 6.04 Å². The van der Waals surface area contributed by atoms with Crippen molar-refractivity contribution in [1.29, 1.82) is 0 Å². The summed E-state index contributed by atoms with van der Waals surface area (Å²) in [4.78, 5) is 12.6. The molecule has 0 fully saturated rings. The second-order valence-corrected chi connectivity index (χ2v) is 8.22. The second kappa shape index (κ2) is 9.59. The molecule has 2 atom stereocenters. The van der Waals surface area contributed by atoms with Crippen LogP contribution in [0.5, 0.6) is 5.75 Å². The Balaban J connectivity index is 1.87. The highest BCUT2D eigenvalue weighted by Crippen LogP contribution is 2.25. The largest absolute Gasteiger partial charge is 0.481 e. The van der Waals surface area contributed by atoms with E-state index in [0.29, 0.717) is 6.42 Å². The molecule has 146 valence electrons. The molecule has 1 amide bonds. The SMILES string of the molecule is CCC(Oc1ccc(C(C)(C)C)cc1)C(=O)NC(C)CCc1ccccc1. The summed E-state index contributed by atoms with van der Waals surface area (Å²) < 4.78 is 5.94. The van der Waals surface area contributed by atoms with Crippen LogP contribution in [0.15, 0.2) is 54.6 Å². The molecule has 0 saturated carbocycles. The van der Waals surface area contributed by atoms with Crippen LogP contribution in [-0.4, -0.2) is 18.1 Å². The van der Waals surface area contributed by atoms with Gasteiger partial charge >= 0.3 is 0 Å². The third-order valence-electron chi connectivity index (χ3n) is 4.76. The fourth-order valence-electron chi connectivity index (χ4n) is 2.96. The first kappa shape index (κ1) is 21.0. The number of ether oxygens (including phenoxy) is 1. The molecule has 2 unspecified atom stereocenters. The summed E-state index contributed by atoms with van der Waals surface area (Å²) >= 11 is 0. The average Bonchev–Trinajstić information content (AvgIpc) is 2.65. The maximum atomic E-state index is 12.6. The summed E-state index contributed by atoms with van der Waals surface area (Å²) in [5.41, 5.74) is 2.65. The summed E-state index contributed by atoms with van der Waals surface area (Å²) in [7, 11) is 0. The molecule has 0 heterocycles. The number of hydrogen-bond donors (Lipinski definition) is 1. The first-order valence-corrected chi connectivity index (χ1v) is 9.91. The van der Waals surface area contributed by atoms with E-state index < -0.39 is 6.10 Å². The van der Waals surface area contributed by atoms with Crippen LogP contribution in [0.4, 0.5) is 0 Å². The molecule has 0 aliphatic rings. The standard InChI is InChI=1S/C24H33NO2/c1-6-22(27-21-16-14-20(15-17-21)24(3,4)5)23(26)25-18(2)12-13-19-10-8-7-9-11-19/h7-11,14-18,22H,6,12-13H2,1-5H3,(H,25,26). The number of carbonyl (C=O) groups excluding carboxylic acids is 1. The second-order valence-electron chi connectivity index (χ2n) is 8.22. The highest BCUT2D eigenvalue weighted by atomic mass is 16.5. The molecule has 3 nitrogen and oxygen atoms in total. The molecule has 2 aromatic rings. The van der Waals surface area contributed by atoms with Crippen LogP contribution in [-0.2, 0) is 16.6 Å². The van der Waals surface area contributed by atoms with Crippen molar-refractivity contribution in [2.24, 2.45) is 0 Å². The lowest BCUT2D eigenvalue weighted by Gasteiger charge is -2.22. The van der Waals surface area contributed by atoms with Crippen molar-refractivity contribution in [1.82, 2.24) is 5.32 Å². The van der Waals surface area contributed by atoms with Crippen LogP contribution in [0.3, 0.4) is 0 Å². The summed E-state index contributed by atoms with van der Waals surface area (Å²) in [6, 6.07) is 18.5. The van der Waals surface area contributed by atoms with Gasteiger partial charge in [-0.15, -0.1) is 0 Å². The maximum Gasteiger partial charge on any atom is 0.261 e. The number of nitrogens with one attached hydrogen (secondary N) is 1. The van der Waals surface area contributed by atoms with Gasteiger partial charge in [0.05, 0.1) is 0 Å². The van der Waals surface area contributed by atoms with Gasteiger partial charge in [-0.05, 0) is 54.9 Å². The average molecular weight is 368 g/mol. The van der Waals surface area contributed by atoms with Gasteiger partial charge in [0.15, 0.2) is 6.10 Å². The van der Waals surface area contributed by atoms with Crippen molar-refractivity contribution in [3.05, 3.63) is 65.7 Å². The molecule has 1 N–H and O–H groups in total. The molecule has 0 aliphatic heterocycles. The van der Waals surface area contributed by atoms with E-state index in [4.69, 9.17) is 4.74 Å². The number of rotatable bonds is 8. The third-order valence-corrected chi connectivity index (χ3v) is 4.76. The van der Waals surface area contributed by atoms with Gasteiger partial charge in [0.2, 0.25) is 0 Å². The van der Waals surface area contributed by atoms with Crippen molar-refractivity contribution in [3.63, 3.8) is 0 Å². The van der Waals surface area contributed by atoms with Crippen molar-refractivity contribution < 1.29 is 9.53 Å². The normalized spacial score (nSPS) is 13.7. The Morgan fingerprint density at radius 2 is 1.67 bits per heavy atom. The Hall–Kier alpha value is -2.29. The summed E-state index contributed by atoms with van der Waals surface area (Å²) in [6.45, 7) is 10.6. The minimum absolute atomic E-state index is 0.0436. The van der Waals surface area contributed by atoms with Crippen LogP contribution >= 0.6 is 0 Å². The lowest BCUT2D eigenvalue weighted by Crippen LogP contribution is -2.42. The molecule has 0 aliphatic carbocycles. The molecular weight excluding hydrogens is 334 g/mol. The fourth-order valence-corrected chi connectivity index (χ4v) is 2.96.